The fourth-order valence-corrected chi connectivity index (χ4v) is 2.61. The molecule has 1 atom stereocenters. The predicted octanol–water partition coefficient (Wildman–Crippen LogP) is 3.69. The third kappa shape index (κ3) is 8.08. The van der Waals surface area contributed by atoms with Crippen LogP contribution in [0.5, 0.6) is 0 Å². The highest BCUT2D eigenvalue weighted by Gasteiger charge is 2.21. The van der Waals surface area contributed by atoms with Gasteiger partial charge in [0.2, 0.25) is 5.91 Å². The maximum atomic E-state index is 12.0. The molecule has 0 spiro atoms. The Bertz CT molecular complexity index is 418. The number of hydrogen-bond donors (Lipinski definition) is 2. The molecule has 4 heteroatoms. The first-order chi connectivity index (χ1) is 9.30. The molecule has 0 bridgehead atoms. The lowest BCUT2D eigenvalue weighted by Crippen LogP contribution is -2.36. The average molecular weight is 313 g/mol. The molecule has 3 N–H and O–H groups in total. The minimum Gasteiger partial charge on any atom is -0.356 e. The number of nitrogens with one attached hydrogen (secondary N) is 1. The Hall–Kier alpha value is -1.06. The molecule has 21 heavy (non-hydrogen) atoms. The fourth-order valence-electron chi connectivity index (χ4n) is 2.61. The number of carbonyl (C=O) groups is 1. The third-order valence-corrected chi connectivity index (χ3v) is 3.36. The standard InChI is InChI=1S/C17H28N2O.ClH/c1-13(2)11-17(3,4)12-19-16(20)10-15(18)14-8-6-5-7-9-14;/h5-9,13,15H,10-12,18H2,1-4H3,(H,19,20);1H. The Morgan fingerprint density at radius 2 is 1.81 bits per heavy atom. The molecule has 0 saturated carbocycles. The number of halogens is 1. The van der Waals surface area contributed by atoms with Gasteiger partial charge in [-0.25, -0.2) is 0 Å². The second-order valence-electron chi connectivity index (χ2n) is 6.76. The molecule has 0 saturated heterocycles. The van der Waals surface area contributed by atoms with Crippen molar-refractivity contribution in [1.29, 1.82) is 0 Å². The van der Waals surface area contributed by atoms with Crippen LogP contribution in [-0.4, -0.2) is 12.5 Å². The minimum absolute atomic E-state index is 0. The number of benzene rings is 1. The van der Waals surface area contributed by atoms with Crippen LogP contribution in [0.1, 0.15) is 52.1 Å². The Balaban J connectivity index is 0.00000400. The van der Waals surface area contributed by atoms with Gasteiger partial charge in [0.1, 0.15) is 0 Å². The zero-order valence-corrected chi connectivity index (χ0v) is 14.4. The van der Waals surface area contributed by atoms with E-state index in [1.54, 1.807) is 0 Å². The van der Waals surface area contributed by atoms with E-state index >= 15 is 0 Å². The molecule has 1 rings (SSSR count). The van der Waals surface area contributed by atoms with Crippen LogP contribution in [0.4, 0.5) is 0 Å². The number of hydrogen-bond acceptors (Lipinski definition) is 2. The number of nitrogens with two attached hydrogens (primary N) is 1. The van der Waals surface area contributed by atoms with E-state index in [0.29, 0.717) is 18.9 Å². The van der Waals surface area contributed by atoms with Crippen molar-refractivity contribution in [2.24, 2.45) is 17.1 Å². The predicted molar refractivity (Wildman–Crippen MR) is 91.5 cm³/mol. The number of rotatable bonds is 7. The molecular formula is C17H29ClN2O. The van der Waals surface area contributed by atoms with Crippen molar-refractivity contribution >= 4 is 18.3 Å². The van der Waals surface area contributed by atoms with E-state index in [4.69, 9.17) is 5.73 Å². The van der Waals surface area contributed by atoms with Crippen molar-refractivity contribution in [3.8, 4) is 0 Å². The molecule has 0 aliphatic heterocycles. The van der Waals surface area contributed by atoms with Gasteiger partial charge in [-0.3, -0.25) is 4.79 Å². The van der Waals surface area contributed by atoms with E-state index in [1.165, 1.54) is 0 Å². The van der Waals surface area contributed by atoms with Crippen molar-refractivity contribution in [3.63, 3.8) is 0 Å². The van der Waals surface area contributed by atoms with Crippen LogP contribution >= 0.6 is 12.4 Å². The molecule has 1 aromatic carbocycles. The van der Waals surface area contributed by atoms with Crippen LogP contribution in [0, 0.1) is 11.3 Å². The van der Waals surface area contributed by atoms with Gasteiger partial charge < -0.3 is 11.1 Å². The molecule has 1 unspecified atom stereocenters. The summed E-state index contributed by atoms with van der Waals surface area (Å²) >= 11 is 0. The molecule has 0 fully saturated rings. The Morgan fingerprint density at radius 3 is 2.33 bits per heavy atom. The summed E-state index contributed by atoms with van der Waals surface area (Å²) in [7, 11) is 0. The van der Waals surface area contributed by atoms with Gasteiger partial charge in [-0.15, -0.1) is 12.4 Å². The molecule has 1 aromatic rings. The quantitative estimate of drug-likeness (QED) is 0.807. The van der Waals surface area contributed by atoms with Gasteiger partial charge >= 0.3 is 0 Å². The highest BCUT2D eigenvalue weighted by Crippen LogP contribution is 2.24. The van der Waals surface area contributed by atoms with Crippen LogP contribution in [0.3, 0.4) is 0 Å². The van der Waals surface area contributed by atoms with Crippen LogP contribution in [0.15, 0.2) is 30.3 Å². The third-order valence-electron chi connectivity index (χ3n) is 3.36. The summed E-state index contributed by atoms with van der Waals surface area (Å²) in [5.74, 6) is 0.659. The first-order valence-corrected chi connectivity index (χ1v) is 7.37. The molecule has 0 aromatic heterocycles. The SMILES string of the molecule is CC(C)CC(C)(C)CNC(=O)CC(N)c1ccccc1.Cl. The lowest BCUT2D eigenvalue weighted by atomic mass is 9.84. The van der Waals surface area contributed by atoms with E-state index in [2.05, 4.69) is 33.0 Å². The van der Waals surface area contributed by atoms with Gasteiger partial charge in [0.15, 0.2) is 0 Å². The highest BCUT2D eigenvalue weighted by molar-refractivity contribution is 5.85. The molecule has 0 radical (unpaired) electrons. The van der Waals surface area contributed by atoms with E-state index in [9.17, 15) is 4.79 Å². The van der Waals surface area contributed by atoms with Gasteiger partial charge in [0, 0.05) is 19.0 Å². The van der Waals surface area contributed by atoms with Crippen molar-refractivity contribution < 1.29 is 4.79 Å². The lowest BCUT2D eigenvalue weighted by molar-refractivity contribution is -0.121. The Kier molecular flexibility index (Phi) is 8.60. The zero-order valence-electron chi connectivity index (χ0n) is 13.6. The molecule has 0 heterocycles. The average Bonchev–Trinajstić information content (AvgIpc) is 2.36. The van der Waals surface area contributed by atoms with Crippen LogP contribution in [0.25, 0.3) is 0 Å². The molecule has 1 amide bonds. The van der Waals surface area contributed by atoms with Crippen LogP contribution < -0.4 is 11.1 Å². The second kappa shape index (κ2) is 9.06. The molecule has 120 valence electrons. The van der Waals surface area contributed by atoms with Gasteiger partial charge in [-0.2, -0.15) is 0 Å². The van der Waals surface area contributed by atoms with Crippen LogP contribution in [0.2, 0.25) is 0 Å². The lowest BCUT2D eigenvalue weighted by Gasteiger charge is -2.27. The largest absolute Gasteiger partial charge is 0.356 e. The van der Waals surface area contributed by atoms with Crippen molar-refractivity contribution in [2.75, 3.05) is 6.54 Å². The monoisotopic (exact) mass is 312 g/mol. The Labute approximate surface area is 135 Å². The van der Waals surface area contributed by atoms with Crippen molar-refractivity contribution in [3.05, 3.63) is 35.9 Å². The van der Waals surface area contributed by atoms with E-state index in [0.717, 1.165) is 12.0 Å². The van der Waals surface area contributed by atoms with Crippen molar-refractivity contribution in [1.82, 2.24) is 5.32 Å². The molecule has 3 nitrogen and oxygen atoms in total. The van der Waals surface area contributed by atoms with E-state index in [-0.39, 0.29) is 29.8 Å². The summed E-state index contributed by atoms with van der Waals surface area (Å²) < 4.78 is 0. The summed E-state index contributed by atoms with van der Waals surface area (Å²) in [6.07, 6.45) is 1.43. The first kappa shape index (κ1) is 19.9. The summed E-state index contributed by atoms with van der Waals surface area (Å²) in [5.41, 5.74) is 7.18. The van der Waals surface area contributed by atoms with Crippen LogP contribution in [-0.2, 0) is 4.79 Å². The molecular weight excluding hydrogens is 284 g/mol. The number of carbonyl (C=O) groups excluding carboxylic acids is 1. The molecule has 0 aliphatic rings. The van der Waals surface area contributed by atoms with Gasteiger partial charge in [0.25, 0.3) is 0 Å². The zero-order chi connectivity index (χ0) is 15.2. The summed E-state index contributed by atoms with van der Waals surface area (Å²) in [4.78, 5) is 12.0. The smallest absolute Gasteiger partial charge is 0.221 e. The minimum atomic E-state index is -0.232. The normalized spacial score (nSPS) is 12.7. The second-order valence-corrected chi connectivity index (χ2v) is 6.76. The van der Waals surface area contributed by atoms with E-state index in [1.807, 2.05) is 30.3 Å². The maximum Gasteiger partial charge on any atom is 0.221 e. The Morgan fingerprint density at radius 1 is 1.24 bits per heavy atom. The van der Waals surface area contributed by atoms with Gasteiger partial charge in [-0.05, 0) is 23.3 Å². The number of amides is 1. The summed E-state index contributed by atoms with van der Waals surface area (Å²) in [6.45, 7) is 9.48. The maximum absolute atomic E-state index is 12.0. The van der Waals surface area contributed by atoms with Crippen molar-refractivity contribution in [2.45, 2.75) is 46.6 Å². The summed E-state index contributed by atoms with van der Waals surface area (Å²) in [6, 6.07) is 9.52. The fraction of sp³-hybridized carbons (Fsp3) is 0.588. The highest BCUT2D eigenvalue weighted by atomic mass is 35.5. The van der Waals surface area contributed by atoms with Gasteiger partial charge in [-0.1, -0.05) is 58.0 Å². The first-order valence-electron chi connectivity index (χ1n) is 7.37. The topological polar surface area (TPSA) is 55.1 Å². The van der Waals surface area contributed by atoms with Gasteiger partial charge in [0.05, 0.1) is 0 Å². The molecule has 0 aliphatic carbocycles. The summed E-state index contributed by atoms with van der Waals surface area (Å²) in [5, 5.41) is 3.01. The van der Waals surface area contributed by atoms with E-state index < -0.39 is 0 Å².